The minimum atomic E-state index is 0.608. The topological polar surface area (TPSA) is 21.6 Å². The smallest absolute Gasteiger partial charge is 0.116 e. The Kier molecular flexibility index (Phi) is 8.84. The standard InChI is InChI=1S/C13H23NO/c1-5-10-15-14-11-13(6-2)9-7-8-12(3)4/h6-8,11-12H,5,9-10H2,1-4H3/b8-7?,13-6+,14-11-. The molecule has 0 bridgehead atoms. The number of nitrogens with zero attached hydrogens (tertiary/aromatic N) is 1. The van der Waals surface area contributed by atoms with Crippen molar-refractivity contribution in [2.24, 2.45) is 11.1 Å². The first-order valence-corrected chi connectivity index (χ1v) is 5.67. The zero-order valence-electron chi connectivity index (χ0n) is 10.4. The molecule has 15 heavy (non-hydrogen) atoms. The molecule has 0 aliphatic heterocycles. The summed E-state index contributed by atoms with van der Waals surface area (Å²) in [5.74, 6) is 0.608. The molecule has 0 aliphatic rings. The molecule has 0 spiro atoms. The highest BCUT2D eigenvalue weighted by Crippen LogP contribution is 2.02. The van der Waals surface area contributed by atoms with Crippen LogP contribution in [0, 0.1) is 5.92 Å². The SMILES string of the molecule is C/C=C(/C=N\OCCC)CC=CC(C)C. The largest absolute Gasteiger partial charge is 0.396 e. The van der Waals surface area contributed by atoms with E-state index in [1.54, 1.807) is 6.21 Å². The summed E-state index contributed by atoms with van der Waals surface area (Å²) in [6.45, 7) is 9.12. The zero-order chi connectivity index (χ0) is 11.5. The molecule has 0 aromatic rings. The molecule has 0 unspecified atom stereocenters. The number of allylic oxidation sites excluding steroid dienone is 4. The third-order valence-corrected chi connectivity index (χ3v) is 1.83. The fourth-order valence-corrected chi connectivity index (χ4v) is 0.970. The van der Waals surface area contributed by atoms with Crippen molar-refractivity contribution in [2.45, 2.75) is 40.5 Å². The van der Waals surface area contributed by atoms with Gasteiger partial charge in [0.15, 0.2) is 0 Å². The molecule has 0 atom stereocenters. The summed E-state index contributed by atoms with van der Waals surface area (Å²) >= 11 is 0. The molecule has 2 heteroatoms. The van der Waals surface area contributed by atoms with Crippen LogP contribution in [0.3, 0.4) is 0 Å². The van der Waals surface area contributed by atoms with Crippen molar-refractivity contribution in [3.05, 3.63) is 23.8 Å². The Morgan fingerprint density at radius 1 is 1.40 bits per heavy atom. The molecule has 0 saturated carbocycles. The molecule has 0 rings (SSSR count). The van der Waals surface area contributed by atoms with Crippen LogP contribution in [-0.2, 0) is 4.84 Å². The average Bonchev–Trinajstić information content (AvgIpc) is 2.21. The molecule has 0 saturated heterocycles. The van der Waals surface area contributed by atoms with Crippen molar-refractivity contribution in [1.82, 2.24) is 0 Å². The summed E-state index contributed by atoms with van der Waals surface area (Å²) in [7, 11) is 0. The van der Waals surface area contributed by atoms with Crippen molar-refractivity contribution < 1.29 is 4.84 Å². The van der Waals surface area contributed by atoms with Crippen LogP contribution in [0.1, 0.15) is 40.5 Å². The highest BCUT2D eigenvalue weighted by atomic mass is 16.6. The van der Waals surface area contributed by atoms with Gasteiger partial charge < -0.3 is 4.84 Å². The van der Waals surface area contributed by atoms with Gasteiger partial charge in [-0.25, -0.2) is 0 Å². The molecular formula is C13H23NO. The van der Waals surface area contributed by atoms with Gasteiger partial charge in [-0.15, -0.1) is 0 Å². The maximum absolute atomic E-state index is 5.05. The van der Waals surface area contributed by atoms with Gasteiger partial charge in [0.1, 0.15) is 6.61 Å². The minimum absolute atomic E-state index is 0.608. The Labute approximate surface area is 93.7 Å². The summed E-state index contributed by atoms with van der Waals surface area (Å²) in [6.07, 6.45) is 10.1. The number of hydrogen-bond donors (Lipinski definition) is 0. The van der Waals surface area contributed by atoms with Crippen LogP contribution in [-0.4, -0.2) is 12.8 Å². The van der Waals surface area contributed by atoms with Gasteiger partial charge in [0.2, 0.25) is 0 Å². The first-order valence-electron chi connectivity index (χ1n) is 5.67. The maximum Gasteiger partial charge on any atom is 0.116 e. The fourth-order valence-electron chi connectivity index (χ4n) is 0.970. The van der Waals surface area contributed by atoms with Crippen LogP contribution in [0.2, 0.25) is 0 Å². The van der Waals surface area contributed by atoms with Crippen LogP contribution >= 0.6 is 0 Å². The summed E-state index contributed by atoms with van der Waals surface area (Å²) < 4.78 is 0. The molecule has 0 aromatic heterocycles. The van der Waals surface area contributed by atoms with E-state index < -0.39 is 0 Å². The molecule has 2 nitrogen and oxygen atoms in total. The Morgan fingerprint density at radius 3 is 2.67 bits per heavy atom. The first kappa shape index (κ1) is 13.9. The van der Waals surface area contributed by atoms with Crippen molar-refractivity contribution in [1.29, 1.82) is 0 Å². The lowest BCUT2D eigenvalue weighted by atomic mass is 10.1. The average molecular weight is 209 g/mol. The Bertz CT molecular complexity index is 227. The molecular weight excluding hydrogens is 186 g/mol. The van der Waals surface area contributed by atoms with Gasteiger partial charge in [0, 0.05) is 0 Å². The third-order valence-electron chi connectivity index (χ3n) is 1.83. The zero-order valence-corrected chi connectivity index (χ0v) is 10.4. The predicted octanol–water partition coefficient (Wildman–Crippen LogP) is 3.95. The highest BCUT2D eigenvalue weighted by Gasteiger charge is 1.89. The van der Waals surface area contributed by atoms with Gasteiger partial charge in [-0.3, -0.25) is 0 Å². The molecule has 0 radical (unpaired) electrons. The Morgan fingerprint density at radius 2 is 2.13 bits per heavy atom. The van der Waals surface area contributed by atoms with E-state index in [1.807, 2.05) is 6.92 Å². The van der Waals surface area contributed by atoms with Crippen LogP contribution in [0.25, 0.3) is 0 Å². The second-order valence-electron chi connectivity index (χ2n) is 3.81. The number of hydrogen-bond acceptors (Lipinski definition) is 2. The molecule has 0 N–H and O–H groups in total. The van der Waals surface area contributed by atoms with Gasteiger partial charge in [-0.2, -0.15) is 0 Å². The molecule has 86 valence electrons. The molecule has 0 aliphatic carbocycles. The van der Waals surface area contributed by atoms with E-state index in [0.717, 1.165) is 12.8 Å². The van der Waals surface area contributed by atoms with Crippen molar-refractivity contribution in [2.75, 3.05) is 6.61 Å². The van der Waals surface area contributed by atoms with Crippen LogP contribution in [0.5, 0.6) is 0 Å². The van der Waals surface area contributed by atoms with E-state index in [-0.39, 0.29) is 0 Å². The fraction of sp³-hybridized carbons (Fsp3) is 0.615. The van der Waals surface area contributed by atoms with Crippen molar-refractivity contribution >= 4 is 6.21 Å². The van der Waals surface area contributed by atoms with Crippen molar-refractivity contribution in [3.63, 3.8) is 0 Å². The van der Waals surface area contributed by atoms with E-state index in [4.69, 9.17) is 4.84 Å². The van der Waals surface area contributed by atoms with Gasteiger partial charge in [-0.05, 0) is 31.3 Å². The monoisotopic (exact) mass is 209 g/mol. The van der Waals surface area contributed by atoms with E-state index in [2.05, 4.69) is 44.2 Å². The predicted molar refractivity (Wildman–Crippen MR) is 67.1 cm³/mol. The summed E-state index contributed by atoms with van der Waals surface area (Å²) in [4.78, 5) is 5.05. The summed E-state index contributed by atoms with van der Waals surface area (Å²) in [5, 5.41) is 3.90. The van der Waals surface area contributed by atoms with E-state index >= 15 is 0 Å². The first-order chi connectivity index (χ1) is 7.20. The number of oxime groups is 1. The van der Waals surface area contributed by atoms with Gasteiger partial charge in [0.25, 0.3) is 0 Å². The van der Waals surface area contributed by atoms with Gasteiger partial charge >= 0.3 is 0 Å². The Hall–Kier alpha value is -1.05. The second-order valence-corrected chi connectivity index (χ2v) is 3.81. The lowest BCUT2D eigenvalue weighted by Gasteiger charge is -1.98. The Balaban J connectivity index is 3.89. The maximum atomic E-state index is 5.05. The molecule has 0 fully saturated rings. The molecule has 0 heterocycles. The lowest BCUT2D eigenvalue weighted by molar-refractivity contribution is 0.146. The van der Waals surface area contributed by atoms with Gasteiger partial charge in [0.05, 0.1) is 6.21 Å². The normalized spacial score (nSPS) is 13.3. The van der Waals surface area contributed by atoms with Gasteiger partial charge in [-0.1, -0.05) is 44.2 Å². The van der Waals surface area contributed by atoms with Crippen LogP contribution in [0.15, 0.2) is 29.0 Å². The second kappa shape index (κ2) is 9.50. The summed E-state index contributed by atoms with van der Waals surface area (Å²) in [5.41, 5.74) is 1.18. The van der Waals surface area contributed by atoms with Crippen molar-refractivity contribution in [3.8, 4) is 0 Å². The van der Waals surface area contributed by atoms with E-state index in [9.17, 15) is 0 Å². The summed E-state index contributed by atoms with van der Waals surface area (Å²) in [6, 6.07) is 0. The molecule has 0 amide bonds. The van der Waals surface area contributed by atoms with Crippen LogP contribution < -0.4 is 0 Å². The lowest BCUT2D eigenvalue weighted by Crippen LogP contribution is -1.88. The van der Waals surface area contributed by atoms with E-state index in [1.165, 1.54) is 5.57 Å². The van der Waals surface area contributed by atoms with E-state index in [0.29, 0.717) is 12.5 Å². The quantitative estimate of drug-likeness (QED) is 0.269. The third kappa shape index (κ3) is 9.26. The molecule has 0 aromatic carbocycles. The highest BCUT2D eigenvalue weighted by molar-refractivity contribution is 5.78. The van der Waals surface area contributed by atoms with Crippen LogP contribution in [0.4, 0.5) is 0 Å². The number of rotatable bonds is 7. The minimum Gasteiger partial charge on any atom is -0.396 e.